The average molecular weight is 208 g/mol. The molecule has 15 heavy (non-hydrogen) atoms. The molecule has 0 N–H and O–H groups in total. The zero-order valence-corrected chi connectivity index (χ0v) is 9.66. The van der Waals surface area contributed by atoms with E-state index in [0.29, 0.717) is 0 Å². The second kappa shape index (κ2) is 7.16. The fraction of sp³-hybridized carbons (Fsp3) is 0.538. The van der Waals surface area contributed by atoms with Gasteiger partial charge in [0.25, 0.3) is 0 Å². The van der Waals surface area contributed by atoms with Crippen molar-refractivity contribution in [1.29, 1.82) is 0 Å². The molecule has 0 saturated carbocycles. The fourth-order valence-corrected chi connectivity index (χ4v) is 1.45. The number of ether oxygens (including phenoxy) is 2. The van der Waals surface area contributed by atoms with E-state index in [1.165, 1.54) is 19.3 Å². The molecule has 0 atom stereocenters. The van der Waals surface area contributed by atoms with Crippen LogP contribution in [0.25, 0.3) is 0 Å². The predicted octanol–water partition coefficient (Wildman–Crippen LogP) is 3.65. The Labute approximate surface area is 92.2 Å². The standard InChI is InChI=1S/C13H20O2/c1-3-4-5-8-11-15-13-10-7-6-9-12(13)14-2/h6-7,9-10H,3-5,8,11H2,1-2H3. The summed E-state index contributed by atoms with van der Waals surface area (Å²) >= 11 is 0. The van der Waals surface area contributed by atoms with Crippen LogP contribution in [0.1, 0.15) is 32.6 Å². The van der Waals surface area contributed by atoms with E-state index in [1.54, 1.807) is 7.11 Å². The monoisotopic (exact) mass is 208 g/mol. The van der Waals surface area contributed by atoms with E-state index in [9.17, 15) is 0 Å². The maximum Gasteiger partial charge on any atom is 0.161 e. The number of unbranched alkanes of at least 4 members (excludes halogenated alkanes) is 3. The van der Waals surface area contributed by atoms with Gasteiger partial charge in [0.2, 0.25) is 0 Å². The molecule has 0 aliphatic carbocycles. The lowest BCUT2D eigenvalue weighted by atomic mass is 10.2. The molecule has 0 saturated heterocycles. The molecule has 1 rings (SSSR count). The molecule has 0 radical (unpaired) electrons. The highest BCUT2D eigenvalue weighted by Gasteiger charge is 2.01. The van der Waals surface area contributed by atoms with E-state index >= 15 is 0 Å². The SMILES string of the molecule is CCCCCCOc1ccccc1OC. The first-order chi connectivity index (χ1) is 7.38. The van der Waals surface area contributed by atoms with Crippen LogP contribution in [-0.2, 0) is 0 Å². The van der Waals surface area contributed by atoms with Crippen molar-refractivity contribution in [2.75, 3.05) is 13.7 Å². The van der Waals surface area contributed by atoms with E-state index in [-0.39, 0.29) is 0 Å². The van der Waals surface area contributed by atoms with Crippen molar-refractivity contribution in [3.63, 3.8) is 0 Å². The van der Waals surface area contributed by atoms with Crippen LogP contribution in [0, 0.1) is 0 Å². The van der Waals surface area contributed by atoms with Gasteiger partial charge in [0.05, 0.1) is 13.7 Å². The molecule has 0 bridgehead atoms. The van der Waals surface area contributed by atoms with Gasteiger partial charge in [-0.25, -0.2) is 0 Å². The Bertz CT molecular complexity index is 271. The summed E-state index contributed by atoms with van der Waals surface area (Å²) in [5, 5.41) is 0. The van der Waals surface area contributed by atoms with Crippen molar-refractivity contribution in [1.82, 2.24) is 0 Å². The molecule has 0 aliphatic rings. The number of hydrogen-bond acceptors (Lipinski definition) is 2. The molecule has 0 amide bonds. The average Bonchev–Trinajstić information content (AvgIpc) is 2.29. The largest absolute Gasteiger partial charge is 0.493 e. The van der Waals surface area contributed by atoms with Gasteiger partial charge >= 0.3 is 0 Å². The summed E-state index contributed by atoms with van der Waals surface area (Å²) in [6.45, 7) is 2.99. The van der Waals surface area contributed by atoms with Gasteiger partial charge in [-0.05, 0) is 18.6 Å². The van der Waals surface area contributed by atoms with Gasteiger partial charge in [-0.3, -0.25) is 0 Å². The van der Waals surface area contributed by atoms with Gasteiger partial charge in [-0.15, -0.1) is 0 Å². The van der Waals surface area contributed by atoms with Gasteiger partial charge in [-0.1, -0.05) is 38.3 Å². The summed E-state index contributed by atoms with van der Waals surface area (Å²) in [5.74, 6) is 1.66. The summed E-state index contributed by atoms with van der Waals surface area (Å²) in [6.07, 6.45) is 4.90. The van der Waals surface area contributed by atoms with Crippen molar-refractivity contribution in [3.05, 3.63) is 24.3 Å². The predicted molar refractivity (Wildman–Crippen MR) is 62.6 cm³/mol. The minimum absolute atomic E-state index is 0.778. The van der Waals surface area contributed by atoms with Crippen LogP contribution in [0.4, 0.5) is 0 Å². The van der Waals surface area contributed by atoms with E-state index in [1.807, 2.05) is 24.3 Å². The second-order valence-corrected chi connectivity index (χ2v) is 3.56. The third-order valence-corrected chi connectivity index (χ3v) is 2.32. The second-order valence-electron chi connectivity index (χ2n) is 3.56. The molecule has 0 heterocycles. The third-order valence-electron chi connectivity index (χ3n) is 2.32. The first-order valence-electron chi connectivity index (χ1n) is 5.64. The molecule has 0 spiro atoms. The zero-order chi connectivity index (χ0) is 10.9. The summed E-state index contributed by atoms with van der Waals surface area (Å²) < 4.78 is 10.8. The van der Waals surface area contributed by atoms with Crippen LogP contribution in [0.15, 0.2) is 24.3 Å². The minimum Gasteiger partial charge on any atom is -0.493 e. The van der Waals surface area contributed by atoms with Gasteiger partial charge < -0.3 is 9.47 Å². The van der Waals surface area contributed by atoms with Crippen molar-refractivity contribution in [2.24, 2.45) is 0 Å². The Morgan fingerprint density at radius 3 is 2.40 bits per heavy atom. The van der Waals surface area contributed by atoms with Crippen LogP contribution in [0.3, 0.4) is 0 Å². The topological polar surface area (TPSA) is 18.5 Å². The van der Waals surface area contributed by atoms with Crippen molar-refractivity contribution in [3.8, 4) is 11.5 Å². The molecule has 0 fully saturated rings. The van der Waals surface area contributed by atoms with Crippen LogP contribution in [0.2, 0.25) is 0 Å². The highest BCUT2D eigenvalue weighted by atomic mass is 16.5. The smallest absolute Gasteiger partial charge is 0.161 e. The Morgan fingerprint density at radius 1 is 1.00 bits per heavy atom. The molecule has 1 aromatic carbocycles. The zero-order valence-electron chi connectivity index (χ0n) is 9.66. The number of rotatable bonds is 7. The lowest BCUT2D eigenvalue weighted by Crippen LogP contribution is -1.98. The quantitative estimate of drug-likeness (QED) is 0.637. The molecule has 84 valence electrons. The Hall–Kier alpha value is -1.18. The van der Waals surface area contributed by atoms with Crippen molar-refractivity contribution in [2.45, 2.75) is 32.6 Å². The van der Waals surface area contributed by atoms with E-state index in [2.05, 4.69) is 6.92 Å². The molecular formula is C13H20O2. The van der Waals surface area contributed by atoms with Gasteiger partial charge in [-0.2, -0.15) is 0 Å². The lowest BCUT2D eigenvalue weighted by molar-refractivity contribution is 0.285. The van der Waals surface area contributed by atoms with Gasteiger partial charge in [0.15, 0.2) is 11.5 Å². The molecular weight excluding hydrogens is 188 g/mol. The Kier molecular flexibility index (Phi) is 5.67. The molecule has 1 aromatic rings. The maximum absolute atomic E-state index is 5.65. The van der Waals surface area contributed by atoms with E-state index in [4.69, 9.17) is 9.47 Å². The first-order valence-corrected chi connectivity index (χ1v) is 5.64. The van der Waals surface area contributed by atoms with Crippen molar-refractivity contribution >= 4 is 0 Å². The van der Waals surface area contributed by atoms with Crippen LogP contribution >= 0.6 is 0 Å². The number of methoxy groups -OCH3 is 1. The molecule has 2 heteroatoms. The third kappa shape index (κ3) is 4.24. The molecule has 0 aliphatic heterocycles. The first kappa shape index (κ1) is 11.9. The Balaban J connectivity index is 2.30. The van der Waals surface area contributed by atoms with Gasteiger partial charge in [0.1, 0.15) is 0 Å². The van der Waals surface area contributed by atoms with Crippen LogP contribution < -0.4 is 9.47 Å². The van der Waals surface area contributed by atoms with Crippen LogP contribution in [-0.4, -0.2) is 13.7 Å². The lowest BCUT2D eigenvalue weighted by Gasteiger charge is -2.09. The van der Waals surface area contributed by atoms with Crippen LogP contribution in [0.5, 0.6) is 11.5 Å². The highest BCUT2D eigenvalue weighted by molar-refractivity contribution is 5.39. The molecule has 0 unspecified atom stereocenters. The maximum atomic E-state index is 5.65. The summed E-state index contributed by atoms with van der Waals surface area (Å²) in [6, 6.07) is 7.77. The minimum atomic E-state index is 0.778. The van der Waals surface area contributed by atoms with Crippen molar-refractivity contribution < 1.29 is 9.47 Å². The summed E-state index contributed by atoms with van der Waals surface area (Å²) in [4.78, 5) is 0. The molecule has 2 nitrogen and oxygen atoms in total. The van der Waals surface area contributed by atoms with E-state index < -0.39 is 0 Å². The van der Waals surface area contributed by atoms with E-state index in [0.717, 1.165) is 24.5 Å². The Morgan fingerprint density at radius 2 is 1.73 bits per heavy atom. The fourth-order valence-electron chi connectivity index (χ4n) is 1.45. The highest BCUT2D eigenvalue weighted by Crippen LogP contribution is 2.25. The summed E-state index contributed by atoms with van der Waals surface area (Å²) in [7, 11) is 1.67. The number of para-hydroxylation sites is 2. The summed E-state index contributed by atoms with van der Waals surface area (Å²) in [5.41, 5.74) is 0. The number of benzene rings is 1. The molecule has 0 aromatic heterocycles. The number of hydrogen-bond donors (Lipinski definition) is 0. The normalized spacial score (nSPS) is 10.0. The van der Waals surface area contributed by atoms with Gasteiger partial charge in [0, 0.05) is 0 Å².